The molecule has 2 aliphatic heterocycles. The molecule has 1 aromatic heterocycles. The number of hydrogen-bond donors (Lipinski definition) is 0. The molecule has 0 radical (unpaired) electrons. The fourth-order valence-corrected chi connectivity index (χ4v) is 5.81. The first-order valence-corrected chi connectivity index (χ1v) is 14.8. The Hall–Kier alpha value is -2.72. The largest absolute Gasteiger partial charge is 0.487 e. The first kappa shape index (κ1) is 29.3. The summed E-state index contributed by atoms with van der Waals surface area (Å²) in [5.74, 6) is 3.13. The Morgan fingerprint density at radius 3 is 2.31 bits per heavy atom. The molecular formula is C35H49NO3. The van der Waals surface area contributed by atoms with E-state index in [-0.39, 0.29) is 5.60 Å². The van der Waals surface area contributed by atoms with Crippen LogP contribution in [0, 0.1) is 13.8 Å². The van der Waals surface area contributed by atoms with E-state index >= 15 is 0 Å². The number of benzene rings is 1. The Morgan fingerprint density at radius 1 is 0.923 bits per heavy atom. The summed E-state index contributed by atoms with van der Waals surface area (Å²) in [6.07, 6.45) is 17.7. The molecule has 1 atom stereocenters. The zero-order valence-corrected chi connectivity index (χ0v) is 25.4. The van der Waals surface area contributed by atoms with Gasteiger partial charge >= 0.3 is 0 Å². The molecule has 0 fully saturated rings. The predicted molar refractivity (Wildman–Crippen MR) is 161 cm³/mol. The maximum absolute atomic E-state index is 6.85. The summed E-state index contributed by atoms with van der Waals surface area (Å²) in [4.78, 5) is 2.30. The molecular weight excluding hydrogens is 482 g/mol. The van der Waals surface area contributed by atoms with Gasteiger partial charge in [0, 0.05) is 17.7 Å². The van der Waals surface area contributed by atoms with Crippen LogP contribution in [0.1, 0.15) is 108 Å². The molecule has 0 amide bonds. The van der Waals surface area contributed by atoms with E-state index in [1.807, 2.05) is 12.1 Å². The standard InChI is InChI=1S/C35H49NO3/c1-25(2)12-8-13-26(3)14-9-15-27(4)16-10-19-35(7)20-18-31-32-23-36(22-30-17-11-21-37-30)24-38-33(32)28(5)29(6)34(31)39-35/h11-12,14,16-17,21H,8-10,13,15,18-20,22-24H2,1-7H3/b26-14+,27-16+/t35-/m1/s1. The molecule has 4 heteroatoms. The lowest BCUT2D eigenvalue weighted by Crippen LogP contribution is -2.38. The summed E-state index contributed by atoms with van der Waals surface area (Å²) in [7, 11) is 0. The highest BCUT2D eigenvalue weighted by molar-refractivity contribution is 5.60. The minimum absolute atomic E-state index is 0.139. The fourth-order valence-electron chi connectivity index (χ4n) is 5.81. The van der Waals surface area contributed by atoms with E-state index in [0.29, 0.717) is 6.73 Å². The average Bonchev–Trinajstić information content (AvgIpc) is 3.40. The van der Waals surface area contributed by atoms with Crippen molar-refractivity contribution < 1.29 is 13.9 Å². The van der Waals surface area contributed by atoms with Crippen molar-refractivity contribution in [3.63, 3.8) is 0 Å². The smallest absolute Gasteiger partial charge is 0.142 e. The summed E-state index contributed by atoms with van der Waals surface area (Å²) in [5, 5.41) is 0. The SMILES string of the molecule is CC(C)=CCC/C(C)=C/CC/C(C)=C/CC[C@]1(C)CCc2c3c(c(C)c(C)c2O1)OCN(Cc1ccco1)C3. The quantitative estimate of drug-likeness (QED) is 0.270. The van der Waals surface area contributed by atoms with E-state index < -0.39 is 0 Å². The van der Waals surface area contributed by atoms with Crippen LogP contribution in [-0.2, 0) is 19.5 Å². The van der Waals surface area contributed by atoms with Gasteiger partial charge in [0.15, 0.2) is 0 Å². The minimum atomic E-state index is -0.139. The number of hydrogen-bond acceptors (Lipinski definition) is 4. The van der Waals surface area contributed by atoms with E-state index in [1.165, 1.54) is 45.4 Å². The van der Waals surface area contributed by atoms with Crippen molar-refractivity contribution in [1.82, 2.24) is 4.90 Å². The van der Waals surface area contributed by atoms with Gasteiger partial charge in [0.1, 0.15) is 29.6 Å². The highest BCUT2D eigenvalue weighted by Crippen LogP contribution is 2.46. The van der Waals surface area contributed by atoms with Crippen molar-refractivity contribution in [2.24, 2.45) is 0 Å². The lowest BCUT2D eigenvalue weighted by Gasteiger charge is -2.40. The third-order valence-corrected chi connectivity index (χ3v) is 8.43. The zero-order valence-electron chi connectivity index (χ0n) is 25.4. The number of furan rings is 1. The lowest BCUT2D eigenvalue weighted by molar-refractivity contribution is 0.0510. The number of rotatable bonds is 11. The van der Waals surface area contributed by atoms with Gasteiger partial charge in [-0.1, -0.05) is 34.9 Å². The molecule has 3 heterocycles. The van der Waals surface area contributed by atoms with Crippen LogP contribution < -0.4 is 9.47 Å². The van der Waals surface area contributed by atoms with Crippen LogP contribution >= 0.6 is 0 Å². The molecule has 0 saturated heterocycles. The van der Waals surface area contributed by atoms with Crippen LogP contribution in [0.5, 0.6) is 11.5 Å². The van der Waals surface area contributed by atoms with Crippen molar-refractivity contribution in [3.05, 3.63) is 81.4 Å². The summed E-state index contributed by atoms with van der Waals surface area (Å²) >= 11 is 0. The Balaban J connectivity index is 1.35. The van der Waals surface area contributed by atoms with Crippen LogP contribution in [0.15, 0.2) is 57.8 Å². The summed E-state index contributed by atoms with van der Waals surface area (Å²) in [6, 6.07) is 3.97. The Labute approximate surface area is 236 Å². The van der Waals surface area contributed by atoms with Gasteiger partial charge in [0.05, 0.1) is 12.8 Å². The van der Waals surface area contributed by atoms with Gasteiger partial charge in [-0.3, -0.25) is 4.90 Å². The number of fused-ring (bicyclic) bond motifs is 3. The maximum atomic E-state index is 6.85. The van der Waals surface area contributed by atoms with E-state index in [9.17, 15) is 0 Å². The van der Waals surface area contributed by atoms with Crippen LogP contribution in [0.3, 0.4) is 0 Å². The Bertz CT molecular complexity index is 1210. The van der Waals surface area contributed by atoms with Crippen molar-refractivity contribution in [2.45, 2.75) is 119 Å². The summed E-state index contributed by atoms with van der Waals surface area (Å²) in [5.41, 5.74) is 9.34. The van der Waals surface area contributed by atoms with Crippen LogP contribution in [-0.4, -0.2) is 17.2 Å². The van der Waals surface area contributed by atoms with Gasteiger partial charge in [-0.2, -0.15) is 0 Å². The molecule has 4 rings (SSSR count). The molecule has 2 aromatic rings. The minimum Gasteiger partial charge on any atom is -0.487 e. The first-order valence-electron chi connectivity index (χ1n) is 14.8. The second kappa shape index (κ2) is 13.1. The molecule has 39 heavy (non-hydrogen) atoms. The molecule has 0 saturated carbocycles. The van der Waals surface area contributed by atoms with Crippen LogP contribution in [0.4, 0.5) is 0 Å². The maximum Gasteiger partial charge on any atom is 0.142 e. The molecule has 0 bridgehead atoms. The highest BCUT2D eigenvalue weighted by atomic mass is 16.5. The van der Waals surface area contributed by atoms with Crippen LogP contribution in [0.2, 0.25) is 0 Å². The Kier molecular flexibility index (Phi) is 9.82. The van der Waals surface area contributed by atoms with Gasteiger partial charge in [0.25, 0.3) is 0 Å². The second-order valence-electron chi connectivity index (χ2n) is 12.3. The van der Waals surface area contributed by atoms with Crippen LogP contribution in [0.25, 0.3) is 0 Å². The van der Waals surface area contributed by atoms with Crippen molar-refractivity contribution in [3.8, 4) is 11.5 Å². The molecule has 4 nitrogen and oxygen atoms in total. The average molecular weight is 532 g/mol. The lowest BCUT2D eigenvalue weighted by atomic mass is 9.84. The van der Waals surface area contributed by atoms with E-state index in [1.54, 1.807) is 6.26 Å². The van der Waals surface area contributed by atoms with E-state index in [2.05, 4.69) is 71.6 Å². The predicted octanol–water partition coefficient (Wildman–Crippen LogP) is 9.53. The van der Waals surface area contributed by atoms with E-state index in [4.69, 9.17) is 13.9 Å². The third-order valence-electron chi connectivity index (χ3n) is 8.43. The first-order chi connectivity index (χ1) is 18.6. The van der Waals surface area contributed by atoms with Gasteiger partial charge < -0.3 is 13.9 Å². The van der Waals surface area contributed by atoms with Gasteiger partial charge in [-0.05, 0) is 123 Å². The van der Waals surface area contributed by atoms with Gasteiger partial charge in [0.2, 0.25) is 0 Å². The Morgan fingerprint density at radius 2 is 1.62 bits per heavy atom. The molecule has 212 valence electrons. The number of ether oxygens (including phenoxy) is 2. The fraction of sp³-hybridized carbons (Fsp3) is 0.543. The molecule has 0 N–H and O–H groups in total. The summed E-state index contributed by atoms with van der Waals surface area (Å²) < 4.78 is 18.7. The van der Waals surface area contributed by atoms with Crippen molar-refractivity contribution in [2.75, 3.05) is 6.73 Å². The normalized spacial score (nSPS) is 19.7. The molecule has 0 aliphatic carbocycles. The summed E-state index contributed by atoms with van der Waals surface area (Å²) in [6.45, 7) is 17.8. The molecule has 0 spiro atoms. The van der Waals surface area contributed by atoms with Crippen molar-refractivity contribution in [1.29, 1.82) is 0 Å². The van der Waals surface area contributed by atoms with Gasteiger partial charge in [-0.25, -0.2) is 0 Å². The number of nitrogens with zero attached hydrogens (tertiary/aromatic N) is 1. The monoisotopic (exact) mass is 531 g/mol. The molecule has 0 unspecified atom stereocenters. The molecule has 1 aromatic carbocycles. The van der Waals surface area contributed by atoms with Crippen molar-refractivity contribution >= 4 is 0 Å². The zero-order chi connectivity index (χ0) is 28.0. The second-order valence-corrected chi connectivity index (χ2v) is 12.3. The topological polar surface area (TPSA) is 34.8 Å². The van der Waals surface area contributed by atoms with Gasteiger partial charge in [-0.15, -0.1) is 0 Å². The highest BCUT2D eigenvalue weighted by Gasteiger charge is 2.36. The number of allylic oxidation sites excluding steroid dienone is 6. The van der Waals surface area contributed by atoms with E-state index in [0.717, 1.165) is 75.3 Å². The molecule has 2 aliphatic rings. The third kappa shape index (κ3) is 7.69.